The highest BCUT2D eigenvalue weighted by atomic mass is 35.5. The lowest BCUT2D eigenvalue weighted by molar-refractivity contribution is 0.0193. The molecule has 0 amide bonds. The second-order valence-corrected chi connectivity index (χ2v) is 6.02. The van der Waals surface area contributed by atoms with Gasteiger partial charge in [-0.05, 0) is 44.6 Å². The van der Waals surface area contributed by atoms with Gasteiger partial charge in [-0.2, -0.15) is 0 Å². The van der Waals surface area contributed by atoms with E-state index in [9.17, 15) is 0 Å². The molecule has 1 aliphatic carbocycles. The lowest BCUT2D eigenvalue weighted by atomic mass is 9.89. The van der Waals surface area contributed by atoms with Gasteiger partial charge in [0.25, 0.3) is 0 Å². The number of ether oxygens (including phenoxy) is 1. The van der Waals surface area contributed by atoms with Gasteiger partial charge in [0, 0.05) is 25.1 Å². The van der Waals surface area contributed by atoms with Crippen LogP contribution in [0.3, 0.4) is 0 Å². The SMILES string of the molecule is COC1CCCC(N2CCC(C)C(Cl)C2)C1. The predicted molar refractivity (Wildman–Crippen MR) is 68.0 cm³/mol. The van der Waals surface area contributed by atoms with E-state index in [4.69, 9.17) is 16.3 Å². The number of alkyl halides is 1. The van der Waals surface area contributed by atoms with Gasteiger partial charge in [-0.3, -0.25) is 4.90 Å². The Morgan fingerprint density at radius 2 is 2.06 bits per heavy atom. The van der Waals surface area contributed by atoms with Crippen molar-refractivity contribution in [1.29, 1.82) is 0 Å². The van der Waals surface area contributed by atoms with Crippen molar-refractivity contribution in [2.45, 2.75) is 56.6 Å². The minimum absolute atomic E-state index is 0.344. The summed E-state index contributed by atoms with van der Waals surface area (Å²) in [5.74, 6) is 0.680. The standard InChI is InChI=1S/C13H24ClNO/c1-10-6-7-15(9-13(10)14)11-4-3-5-12(8-11)16-2/h10-13H,3-9H2,1-2H3. The summed E-state index contributed by atoms with van der Waals surface area (Å²) in [6.07, 6.45) is 6.81. The molecule has 2 fully saturated rings. The van der Waals surface area contributed by atoms with E-state index in [1.165, 1.54) is 38.6 Å². The van der Waals surface area contributed by atoms with Crippen LogP contribution >= 0.6 is 11.6 Å². The quantitative estimate of drug-likeness (QED) is 0.694. The van der Waals surface area contributed by atoms with Crippen LogP contribution in [0.4, 0.5) is 0 Å². The average Bonchev–Trinajstić information content (AvgIpc) is 2.33. The normalized spacial score (nSPS) is 42.2. The molecule has 3 heteroatoms. The maximum Gasteiger partial charge on any atom is 0.0586 e. The fourth-order valence-electron chi connectivity index (χ4n) is 3.04. The largest absolute Gasteiger partial charge is 0.381 e. The summed E-state index contributed by atoms with van der Waals surface area (Å²) in [5, 5.41) is 0.344. The summed E-state index contributed by atoms with van der Waals surface area (Å²) < 4.78 is 5.50. The van der Waals surface area contributed by atoms with Crippen molar-refractivity contribution in [3.05, 3.63) is 0 Å². The van der Waals surface area contributed by atoms with E-state index in [1.54, 1.807) is 0 Å². The van der Waals surface area contributed by atoms with E-state index in [-0.39, 0.29) is 0 Å². The Labute approximate surface area is 104 Å². The van der Waals surface area contributed by atoms with Crippen molar-refractivity contribution in [3.63, 3.8) is 0 Å². The molecule has 2 rings (SSSR count). The summed E-state index contributed by atoms with van der Waals surface area (Å²) in [6.45, 7) is 4.57. The van der Waals surface area contributed by atoms with Gasteiger partial charge < -0.3 is 4.74 Å². The predicted octanol–water partition coefficient (Wildman–Crippen LogP) is 2.89. The molecule has 1 aliphatic heterocycles. The number of halogens is 1. The molecule has 1 saturated carbocycles. The van der Waals surface area contributed by atoms with Crippen molar-refractivity contribution in [3.8, 4) is 0 Å². The Bertz CT molecular complexity index is 220. The molecule has 0 radical (unpaired) electrons. The molecule has 1 saturated heterocycles. The third-order valence-corrected chi connectivity index (χ3v) is 4.91. The first-order chi connectivity index (χ1) is 7.70. The van der Waals surface area contributed by atoms with E-state index >= 15 is 0 Å². The van der Waals surface area contributed by atoms with Crippen LogP contribution < -0.4 is 0 Å². The van der Waals surface area contributed by atoms with Crippen LogP contribution in [0.15, 0.2) is 0 Å². The lowest BCUT2D eigenvalue weighted by Gasteiger charge is -2.42. The Morgan fingerprint density at radius 3 is 2.75 bits per heavy atom. The summed E-state index contributed by atoms with van der Waals surface area (Å²) >= 11 is 6.38. The van der Waals surface area contributed by atoms with Gasteiger partial charge in [-0.15, -0.1) is 11.6 Å². The molecule has 2 aliphatic rings. The van der Waals surface area contributed by atoms with Crippen LogP contribution in [-0.4, -0.2) is 42.6 Å². The van der Waals surface area contributed by atoms with Gasteiger partial charge >= 0.3 is 0 Å². The van der Waals surface area contributed by atoms with Gasteiger partial charge in [0.2, 0.25) is 0 Å². The van der Waals surface area contributed by atoms with Gasteiger partial charge in [0.15, 0.2) is 0 Å². The molecule has 0 aromatic rings. The number of nitrogens with zero attached hydrogens (tertiary/aromatic N) is 1. The molecule has 94 valence electrons. The minimum atomic E-state index is 0.344. The van der Waals surface area contributed by atoms with E-state index in [0.29, 0.717) is 23.4 Å². The average molecular weight is 246 g/mol. The Kier molecular flexibility index (Phi) is 4.51. The molecule has 1 heterocycles. The number of piperidine rings is 1. The number of hydrogen-bond acceptors (Lipinski definition) is 2. The number of methoxy groups -OCH3 is 1. The molecule has 16 heavy (non-hydrogen) atoms. The molecule has 4 atom stereocenters. The highest BCUT2D eigenvalue weighted by Gasteiger charge is 2.32. The fraction of sp³-hybridized carbons (Fsp3) is 1.00. The van der Waals surface area contributed by atoms with Crippen molar-refractivity contribution >= 4 is 11.6 Å². The monoisotopic (exact) mass is 245 g/mol. The number of hydrogen-bond donors (Lipinski definition) is 0. The molecular weight excluding hydrogens is 222 g/mol. The summed E-state index contributed by atoms with van der Waals surface area (Å²) in [5.41, 5.74) is 0. The third kappa shape index (κ3) is 2.91. The van der Waals surface area contributed by atoms with Crippen molar-refractivity contribution < 1.29 is 4.74 Å². The van der Waals surface area contributed by atoms with Gasteiger partial charge in [0.1, 0.15) is 0 Å². The molecular formula is C13H24ClNO. The lowest BCUT2D eigenvalue weighted by Crippen LogP contribution is -2.48. The van der Waals surface area contributed by atoms with Crippen LogP contribution in [0.5, 0.6) is 0 Å². The summed E-state index contributed by atoms with van der Waals surface area (Å²) in [7, 11) is 1.84. The molecule has 0 aromatic heterocycles. The first kappa shape index (κ1) is 12.7. The van der Waals surface area contributed by atoms with E-state index in [2.05, 4.69) is 11.8 Å². The number of likely N-dealkylation sites (tertiary alicyclic amines) is 1. The van der Waals surface area contributed by atoms with Crippen LogP contribution in [0, 0.1) is 5.92 Å². The Hall–Kier alpha value is 0.210. The Balaban J connectivity index is 1.87. The molecule has 2 nitrogen and oxygen atoms in total. The zero-order valence-electron chi connectivity index (χ0n) is 10.5. The van der Waals surface area contributed by atoms with Crippen molar-refractivity contribution in [2.24, 2.45) is 5.92 Å². The topological polar surface area (TPSA) is 12.5 Å². The second kappa shape index (κ2) is 5.70. The minimum Gasteiger partial charge on any atom is -0.381 e. The van der Waals surface area contributed by atoms with Crippen LogP contribution in [0.25, 0.3) is 0 Å². The first-order valence-corrected chi connectivity index (χ1v) is 7.05. The van der Waals surface area contributed by atoms with Gasteiger partial charge in [-0.25, -0.2) is 0 Å². The molecule has 0 spiro atoms. The van der Waals surface area contributed by atoms with Gasteiger partial charge in [0.05, 0.1) is 6.10 Å². The zero-order valence-corrected chi connectivity index (χ0v) is 11.2. The maximum absolute atomic E-state index is 6.38. The molecule has 0 bridgehead atoms. The van der Waals surface area contributed by atoms with E-state index in [1.807, 2.05) is 7.11 Å². The molecule has 0 N–H and O–H groups in total. The highest BCUT2D eigenvalue weighted by molar-refractivity contribution is 6.21. The smallest absolute Gasteiger partial charge is 0.0586 e. The molecule has 4 unspecified atom stereocenters. The maximum atomic E-state index is 6.38. The van der Waals surface area contributed by atoms with Crippen molar-refractivity contribution in [1.82, 2.24) is 4.90 Å². The van der Waals surface area contributed by atoms with Crippen LogP contribution in [0.2, 0.25) is 0 Å². The van der Waals surface area contributed by atoms with E-state index in [0.717, 1.165) is 6.54 Å². The van der Waals surface area contributed by atoms with E-state index < -0.39 is 0 Å². The highest BCUT2D eigenvalue weighted by Crippen LogP contribution is 2.29. The van der Waals surface area contributed by atoms with Crippen LogP contribution in [-0.2, 0) is 4.74 Å². The molecule has 0 aromatic carbocycles. The van der Waals surface area contributed by atoms with Crippen LogP contribution in [0.1, 0.15) is 39.0 Å². The van der Waals surface area contributed by atoms with Crippen molar-refractivity contribution in [2.75, 3.05) is 20.2 Å². The second-order valence-electron chi connectivity index (χ2n) is 5.46. The summed E-state index contributed by atoms with van der Waals surface area (Å²) in [4.78, 5) is 2.60. The number of rotatable bonds is 2. The first-order valence-electron chi connectivity index (χ1n) is 6.61. The summed E-state index contributed by atoms with van der Waals surface area (Å²) in [6, 6.07) is 0.715. The fourth-order valence-corrected chi connectivity index (χ4v) is 3.35. The zero-order chi connectivity index (χ0) is 11.5. The third-order valence-electron chi connectivity index (χ3n) is 4.35. The van der Waals surface area contributed by atoms with Gasteiger partial charge in [-0.1, -0.05) is 6.92 Å². The Morgan fingerprint density at radius 1 is 1.25 bits per heavy atom.